The predicted molar refractivity (Wildman–Crippen MR) is 115 cm³/mol. The molecule has 4 rings (SSSR count). The highest BCUT2D eigenvalue weighted by Gasteiger charge is 2.26. The molecule has 2 aliphatic rings. The number of quaternary nitrogens is 2. The van der Waals surface area contributed by atoms with E-state index in [0.29, 0.717) is 6.61 Å². The van der Waals surface area contributed by atoms with Crippen molar-refractivity contribution in [2.24, 2.45) is 0 Å². The summed E-state index contributed by atoms with van der Waals surface area (Å²) in [6.45, 7) is 9.50. The average molecular weight is 487 g/mol. The Labute approximate surface area is 201 Å². The van der Waals surface area contributed by atoms with E-state index in [-0.39, 0.29) is 31.4 Å². The lowest BCUT2D eigenvalue weighted by Crippen LogP contribution is -3.28. The Morgan fingerprint density at radius 2 is 1.65 bits per heavy atom. The first-order chi connectivity index (χ1) is 14.3. The van der Waals surface area contributed by atoms with Crippen molar-refractivity contribution in [3.05, 3.63) is 42.6 Å². The number of fused-ring (bicyclic) bond motifs is 2. The second-order valence-electron chi connectivity index (χ2n) is 7.74. The second-order valence-corrected chi connectivity index (χ2v) is 8.82. The Morgan fingerprint density at radius 3 is 2.42 bits per heavy atom. The molecule has 1 fully saturated rings. The van der Waals surface area contributed by atoms with Gasteiger partial charge in [-0.05, 0) is 24.3 Å². The first-order valence-electron chi connectivity index (χ1n) is 10.7. The van der Waals surface area contributed by atoms with Gasteiger partial charge in [0.25, 0.3) is 0 Å². The number of aliphatic hydroxyl groups is 1. The summed E-state index contributed by atoms with van der Waals surface area (Å²) in [6.07, 6.45) is 3.07. The van der Waals surface area contributed by atoms with E-state index in [0.717, 1.165) is 25.5 Å². The molecule has 3 N–H and O–H groups in total. The van der Waals surface area contributed by atoms with Crippen LogP contribution in [0.2, 0.25) is 0 Å². The molecule has 0 radical (unpaired) electrons. The fraction of sp³-hybridized carbons (Fsp3) is 0.500. The van der Waals surface area contributed by atoms with Gasteiger partial charge in [-0.1, -0.05) is 23.9 Å². The van der Waals surface area contributed by atoms with E-state index in [1.165, 1.54) is 54.6 Å². The Kier molecular flexibility index (Phi) is 11.4. The zero-order chi connectivity index (χ0) is 19.9. The van der Waals surface area contributed by atoms with Crippen molar-refractivity contribution in [2.75, 3.05) is 70.5 Å². The lowest BCUT2D eigenvalue weighted by Gasteiger charge is -2.33. The molecule has 1 saturated heterocycles. The number of hydrogen-bond acceptors (Lipinski definition) is 5. The molecule has 9 heteroatoms. The number of piperazine rings is 1. The number of halogens is 2. The van der Waals surface area contributed by atoms with Crippen molar-refractivity contribution in [3.8, 4) is 0 Å². The van der Waals surface area contributed by atoms with Crippen molar-refractivity contribution in [3.63, 3.8) is 0 Å². The molecule has 0 aliphatic carbocycles. The Morgan fingerprint density at radius 1 is 0.935 bits per heavy atom. The minimum Gasteiger partial charge on any atom is -1.00 e. The molecular weight excluding hydrogens is 455 g/mol. The molecule has 6 nitrogen and oxygen atoms in total. The summed E-state index contributed by atoms with van der Waals surface area (Å²) in [7, 11) is 0. The molecule has 2 aromatic rings. The fourth-order valence-electron chi connectivity index (χ4n) is 4.22. The van der Waals surface area contributed by atoms with Crippen LogP contribution in [-0.2, 0) is 4.74 Å². The molecule has 2 aliphatic heterocycles. The Balaban J connectivity index is 0.00000171. The molecule has 1 aromatic heterocycles. The molecule has 0 amide bonds. The van der Waals surface area contributed by atoms with E-state index >= 15 is 0 Å². The molecule has 0 spiro atoms. The van der Waals surface area contributed by atoms with Crippen LogP contribution in [0.1, 0.15) is 6.42 Å². The maximum Gasteiger partial charge on any atom is 0.147 e. The Bertz CT molecular complexity index is 748. The molecular formula is C22H32Cl2N4O2S. The van der Waals surface area contributed by atoms with Gasteiger partial charge in [0.1, 0.15) is 38.5 Å². The quantitative estimate of drug-likeness (QED) is 0.308. The van der Waals surface area contributed by atoms with Gasteiger partial charge in [-0.25, -0.2) is 4.98 Å². The van der Waals surface area contributed by atoms with Gasteiger partial charge in [0.05, 0.1) is 36.9 Å². The zero-order valence-electron chi connectivity index (χ0n) is 17.7. The summed E-state index contributed by atoms with van der Waals surface area (Å²) in [5.41, 5.74) is 1.29. The lowest BCUT2D eigenvalue weighted by atomic mass is 10.2. The number of ether oxygens (including phenoxy) is 1. The van der Waals surface area contributed by atoms with Crippen LogP contribution in [0.3, 0.4) is 0 Å². The number of para-hydroxylation sites is 1. The number of nitrogens with one attached hydrogen (secondary N) is 2. The average Bonchev–Trinajstić information content (AvgIpc) is 2.77. The maximum absolute atomic E-state index is 8.78. The molecule has 31 heavy (non-hydrogen) atoms. The molecule has 0 saturated carbocycles. The van der Waals surface area contributed by atoms with E-state index in [9.17, 15) is 0 Å². The van der Waals surface area contributed by atoms with Gasteiger partial charge in [-0.3, -0.25) is 0 Å². The van der Waals surface area contributed by atoms with Crippen LogP contribution in [0.5, 0.6) is 0 Å². The van der Waals surface area contributed by atoms with E-state index < -0.39 is 0 Å². The predicted octanol–water partition coefficient (Wildman–Crippen LogP) is -6.13. The SMILES string of the molecule is OCCOCC[NH+]1CC[NH+](CCCN2c3ccccc3Sc3cccnc32)CC1.[Cl-].[Cl-]. The van der Waals surface area contributed by atoms with Crippen molar-refractivity contribution >= 4 is 23.3 Å². The van der Waals surface area contributed by atoms with Crippen LogP contribution in [-0.4, -0.2) is 75.7 Å². The summed E-state index contributed by atoms with van der Waals surface area (Å²) in [6, 6.07) is 12.9. The van der Waals surface area contributed by atoms with E-state index in [1.54, 1.807) is 9.80 Å². The monoisotopic (exact) mass is 486 g/mol. The first-order valence-corrected chi connectivity index (χ1v) is 11.5. The highest BCUT2D eigenvalue weighted by atomic mass is 35.5. The summed E-state index contributed by atoms with van der Waals surface area (Å²) in [5, 5.41) is 8.78. The molecule has 172 valence electrons. The normalized spacial score (nSPS) is 19.6. The van der Waals surface area contributed by atoms with Gasteiger partial charge in [-0.15, -0.1) is 0 Å². The molecule has 1 aromatic carbocycles. The highest BCUT2D eigenvalue weighted by molar-refractivity contribution is 7.99. The third kappa shape index (κ3) is 6.96. The van der Waals surface area contributed by atoms with Gasteiger partial charge in [-0.2, -0.15) is 0 Å². The zero-order valence-corrected chi connectivity index (χ0v) is 20.1. The second kappa shape index (κ2) is 13.5. The van der Waals surface area contributed by atoms with Crippen LogP contribution in [0, 0.1) is 0 Å². The number of pyridine rings is 1. The number of nitrogens with zero attached hydrogens (tertiary/aromatic N) is 2. The molecule has 3 heterocycles. The standard InChI is InChI=1S/C22H30N4O2S.2ClH/c27-16-18-28-17-15-25-13-11-24(12-14-25)9-4-10-26-19-5-1-2-6-20(19)29-21-7-3-8-23-22(21)26;;/h1-3,5-8,27H,4,9-18H2;2*1H. The van der Waals surface area contributed by atoms with Crippen LogP contribution < -0.4 is 39.5 Å². The minimum atomic E-state index is 0. The molecule has 0 bridgehead atoms. The van der Waals surface area contributed by atoms with Crippen molar-refractivity contribution in [2.45, 2.75) is 16.2 Å². The largest absolute Gasteiger partial charge is 1.00 e. The fourth-order valence-corrected chi connectivity index (χ4v) is 5.28. The summed E-state index contributed by atoms with van der Waals surface area (Å²) in [4.78, 5) is 13.0. The molecule has 0 atom stereocenters. The Hall–Kier alpha value is -1.06. The van der Waals surface area contributed by atoms with Gasteiger partial charge < -0.3 is 49.4 Å². The van der Waals surface area contributed by atoms with Crippen LogP contribution in [0.15, 0.2) is 52.4 Å². The third-order valence-corrected chi connectivity index (χ3v) is 6.90. The number of rotatable bonds is 9. The topological polar surface area (TPSA) is 54.5 Å². The summed E-state index contributed by atoms with van der Waals surface area (Å²) >= 11 is 1.82. The van der Waals surface area contributed by atoms with Crippen molar-refractivity contribution in [1.82, 2.24) is 4.98 Å². The number of aliphatic hydroxyl groups excluding tert-OH is 1. The lowest BCUT2D eigenvalue weighted by molar-refractivity contribution is -1.01. The summed E-state index contributed by atoms with van der Waals surface area (Å²) < 4.78 is 5.41. The number of anilines is 2. The summed E-state index contributed by atoms with van der Waals surface area (Å²) in [5.74, 6) is 1.10. The number of aromatic nitrogens is 1. The number of benzene rings is 1. The van der Waals surface area contributed by atoms with Crippen molar-refractivity contribution in [1.29, 1.82) is 0 Å². The van der Waals surface area contributed by atoms with Gasteiger partial charge in [0, 0.05) is 24.1 Å². The third-order valence-electron chi connectivity index (χ3n) is 5.79. The van der Waals surface area contributed by atoms with Crippen LogP contribution in [0.25, 0.3) is 0 Å². The molecule has 0 unspecified atom stereocenters. The van der Waals surface area contributed by atoms with Gasteiger partial charge in [0.2, 0.25) is 0 Å². The van der Waals surface area contributed by atoms with Gasteiger partial charge in [0.15, 0.2) is 0 Å². The smallest absolute Gasteiger partial charge is 0.147 e. The maximum atomic E-state index is 8.78. The van der Waals surface area contributed by atoms with Gasteiger partial charge >= 0.3 is 0 Å². The number of hydrogen-bond donors (Lipinski definition) is 3. The highest BCUT2D eigenvalue weighted by Crippen LogP contribution is 2.46. The van der Waals surface area contributed by atoms with E-state index in [2.05, 4.69) is 40.2 Å². The van der Waals surface area contributed by atoms with Crippen LogP contribution in [0.4, 0.5) is 11.5 Å². The first kappa shape index (κ1) is 26.2. The van der Waals surface area contributed by atoms with Crippen LogP contribution >= 0.6 is 11.8 Å². The van der Waals surface area contributed by atoms with E-state index in [4.69, 9.17) is 9.84 Å². The minimum absolute atomic E-state index is 0. The van der Waals surface area contributed by atoms with E-state index in [1.807, 2.05) is 24.0 Å². The van der Waals surface area contributed by atoms with Crippen molar-refractivity contribution < 1.29 is 44.5 Å².